The Morgan fingerprint density at radius 3 is 2.59 bits per heavy atom. The van der Waals surface area contributed by atoms with Crippen LogP contribution in [0.15, 0.2) is 0 Å². The summed E-state index contributed by atoms with van der Waals surface area (Å²) in [5.74, 6) is 0.344. The zero-order valence-electron chi connectivity index (χ0n) is 11.1. The molecule has 2 rings (SSSR count). The maximum absolute atomic E-state index is 12.5. The largest absolute Gasteiger partial charge is 0.338 e. The maximum Gasteiger partial charge on any atom is 0.239 e. The Hall–Kier alpha value is -0.610. The normalized spacial score (nSPS) is 23.4. The molecule has 2 aliphatic rings. The van der Waals surface area contributed by atoms with Gasteiger partial charge in [0, 0.05) is 38.8 Å². The molecule has 1 amide bonds. The molecule has 1 atom stereocenters. The van der Waals surface area contributed by atoms with Crippen molar-refractivity contribution >= 4 is 5.91 Å². The molecule has 4 nitrogen and oxygen atoms in total. The molecule has 1 saturated carbocycles. The summed E-state index contributed by atoms with van der Waals surface area (Å²) >= 11 is 0. The van der Waals surface area contributed by atoms with Gasteiger partial charge >= 0.3 is 0 Å². The summed E-state index contributed by atoms with van der Waals surface area (Å²) in [4.78, 5) is 16.9. The Balaban J connectivity index is 1.91. The van der Waals surface area contributed by atoms with E-state index in [0.29, 0.717) is 11.9 Å². The fraction of sp³-hybridized carbons (Fsp3) is 0.923. The Labute approximate surface area is 104 Å². The molecule has 4 heteroatoms. The van der Waals surface area contributed by atoms with Crippen LogP contribution in [0.25, 0.3) is 0 Å². The van der Waals surface area contributed by atoms with Gasteiger partial charge < -0.3 is 10.2 Å². The molecule has 0 spiro atoms. The first-order valence-corrected chi connectivity index (χ1v) is 6.99. The average molecular weight is 239 g/mol. The first-order chi connectivity index (χ1) is 8.24. The number of piperazine rings is 1. The van der Waals surface area contributed by atoms with Crippen LogP contribution in [0.2, 0.25) is 0 Å². The molecule has 17 heavy (non-hydrogen) atoms. The van der Waals surface area contributed by atoms with Gasteiger partial charge in [-0.25, -0.2) is 0 Å². The molecule has 0 aromatic rings. The second-order valence-corrected chi connectivity index (χ2v) is 5.22. The van der Waals surface area contributed by atoms with E-state index >= 15 is 0 Å². The van der Waals surface area contributed by atoms with E-state index in [1.54, 1.807) is 0 Å². The zero-order valence-corrected chi connectivity index (χ0v) is 11.1. The number of hydrogen-bond acceptors (Lipinski definition) is 3. The van der Waals surface area contributed by atoms with E-state index in [4.69, 9.17) is 0 Å². The lowest BCUT2D eigenvalue weighted by Gasteiger charge is -2.35. The van der Waals surface area contributed by atoms with E-state index in [-0.39, 0.29) is 6.04 Å². The lowest BCUT2D eigenvalue weighted by molar-refractivity contribution is -0.137. The minimum absolute atomic E-state index is 0.0595. The smallest absolute Gasteiger partial charge is 0.239 e. The lowest BCUT2D eigenvalue weighted by atomic mass is 10.2. The Kier molecular flexibility index (Phi) is 4.40. The van der Waals surface area contributed by atoms with Gasteiger partial charge in [0.25, 0.3) is 0 Å². The molecule has 1 unspecified atom stereocenters. The number of rotatable bonds is 5. The third-order valence-corrected chi connectivity index (χ3v) is 3.79. The van der Waals surface area contributed by atoms with E-state index in [1.165, 1.54) is 12.8 Å². The molecule has 2 fully saturated rings. The fourth-order valence-corrected chi connectivity index (χ4v) is 2.57. The van der Waals surface area contributed by atoms with E-state index in [9.17, 15) is 4.79 Å². The minimum atomic E-state index is 0.0595. The Bertz CT molecular complexity index is 259. The van der Waals surface area contributed by atoms with Crippen LogP contribution in [0.1, 0.15) is 33.1 Å². The molecule has 1 aliphatic carbocycles. The molecule has 1 saturated heterocycles. The monoisotopic (exact) mass is 239 g/mol. The molecule has 0 aromatic carbocycles. The van der Waals surface area contributed by atoms with Crippen molar-refractivity contribution in [1.29, 1.82) is 0 Å². The first kappa shape index (κ1) is 12.8. The van der Waals surface area contributed by atoms with Crippen LogP contribution in [0.4, 0.5) is 0 Å². The van der Waals surface area contributed by atoms with Crippen molar-refractivity contribution in [2.24, 2.45) is 0 Å². The van der Waals surface area contributed by atoms with Crippen LogP contribution in [0.5, 0.6) is 0 Å². The van der Waals surface area contributed by atoms with Gasteiger partial charge in [0.2, 0.25) is 5.91 Å². The van der Waals surface area contributed by atoms with Crippen molar-refractivity contribution in [3.05, 3.63) is 0 Å². The molecule has 1 heterocycles. The summed E-state index contributed by atoms with van der Waals surface area (Å²) in [6.45, 7) is 9.16. The zero-order chi connectivity index (χ0) is 12.3. The van der Waals surface area contributed by atoms with Crippen molar-refractivity contribution in [1.82, 2.24) is 15.1 Å². The SMILES string of the molecule is CCCN(C(=O)C(C)N1CCNCC1)C1CC1. The summed E-state index contributed by atoms with van der Waals surface area (Å²) in [6.07, 6.45) is 3.48. The van der Waals surface area contributed by atoms with Crippen LogP contribution >= 0.6 is 0 Å². The van der Waals surface area contributed by atoms with Crippen LogP contribution in [-0.2, 0) is 4.79 Å². The number of carbonyl (C=O) groups is 1. The molecule has 1 N–H and O–H groups in total. The van der Waals surface area contributed by atoms with E-state index < -0.39 is 0 Å². The summed E-state index contributed by atoms with van der Waals surface area (Å²) in [5, 5.41) is 3.33. The van der Waals surface area contributed by atoms with Gasteiger partial charge in [-0.2, -0.15) is 0 Å². The molecule has 0 aromatic heterocycles. The van der Waals surface area contributed by atoms with Crippen molar-refractivity contribution < 1.29 is 4.79 Å². The first-order valence-electron chi connectivity index (χ1n) is 6.99. The van der Waals surface area contributed by atoms with Crippen molar-refractivity contribution in [2.45, 2.75) is 45.2 Å². The topological polar surface area (TPSA) is 35.6 Å². The average Bonchev–Trinajstić information content (AvgIpc) is 3.19. The maximum atomic E-state index is 12.5. The van der Waals surface area contributed by atoms with Crippen LogP contribution < -0.4 is 5.32 Å². The third kappa shape index (κ3) is 3.19. The van der Waals surface area contributed by atoms with Crippen molar-refractivity contribution in [3.63, 3.8) is 0 Å². The Morgan fingerprint density at radius 2 is 2.06 bits per heavy atom. The van der Waals surface area contributed by atoms with Gasteiger partial charge in [-0.1, -0.05) is 6.92 Å². The second-order valence-electron chi connectivity index (χ2n) is 5.22. The number of hydrogen-bond donors (Lipinski definition) is 1. The highest BCUT2D eigenvalue weighted by molar-refractivity contribution is 5.82. The third-order valence-electron chi connectivity index (χ3n) is 3.79. The van der Waals surface area contributed by atoms with E-state index in [1.807, 2.05) is 0 Å². The van der Waals surface area contributed by atoms with Crippen LogP contribution in [-0.4, -0.2) is 60.5 Å². The second kappa shape index (κ2) is 5.83. The quantitative estimate of drug-likeness (QED) is 0.766. The number of amides is 1. The molecule has 98 valence electrons. The predicted molar refractivity (Wildman–Crippen MR) is 68.9 cm³/mol. The number of nitrogens with zero attached hydrogens (tertiary/aromatic N) is 2. The number of nitrogens with one attached hydrogen (secondary N) is 1. The lowest BCUT2D eigenvalue weighted by Crippen LogP contribution is -2.54. The molecule has 0 bridgehead atoms. The van der Waals surface area contributed by atoms with E-state index in [2.05, 4.69) is 29.0 Å². The standard InChI is InChI=1S/C13H25N3O/c1-3-8-16(12-4-5-12)13(17)11(2)15-9-6-14-7-10-15/h11-12,14H,3-10H2,1-2H3. The van der Waals surface area contributed by atoms with Gasteiger partial charge in [0.15, 0.2) is 0 Å². The number of carbonyl (C=O) groups excluding carboxylic acids is 1. The van der Waals surface area contributed by atoms with Gasteiger partial charge in [0.1, 0.15) is 0 Å². The highest BCUT2D eigenvalue weighted by Gasteiger charge is 2.35. The summed E-state index contributed by atoms with van der Waals surface area (Å²) < 4.78 is 0. The molecule has 0 radical (unpaired) electrons. The molecule has 1 aliphatic heterocycles. The summed E-state index contributed by atoms with van der Waals surface area (Å²) in [7, 11) is 0. The molecular formula is C13H25N3O. The van der Waals surface area contributed by atoms with Gasteiger partial charge in [-0.05, 0) is 26.2 Å². The highest BCUT2D eigenvalue weighted by atomic mass is 16.2. The minimum Gasteiger partial charge on any atom is -0.338 e. The van der Waals surface area contributed by atoms with Crippen molar-refractivity contribution in [2.75, 3.05) is 32.7 Å². The van der Waals surface area contributed by atoms with Crippen molar-refractivity contribution in [3.8, 4) is 0 Å². The summed E-state index contributed by atoms with van der Waals surface area (Å²) in [5.41, 5.74) is 0. The Morgan fingerprint density at radius 1 is 1.41 bits per heavy atom. The van der Waals surface area contributed by atoms with E-state index in [0.717, 1.165) is 39.1 Å². The fourth-order valence-electron chi connectivity index (χ4n) is 2.57. The summed E-state index contributed by atoms with van der Waals surface area (Å²) in [6, 6.07) is 0.608. The van der Waals surface area contributed by atoms with Gasteiger partial charge in [0.05, 0.1) is 6.04 Å². The highest BCUT2D eigenvalue weighted by Crippen LogP contribution is 2.28. The van der Waals surface area contributed by atoms with Crippen LogP contribution in [0, 0.1) is 0 Å². The van der Waals surface area contributed by atoms with Crippen LogP contribution in [0.3, 0.4) is 0 Å². The predicted octanol–water partition coefficient (Wildman–Crippen LogP) is 0.681. The van der Waals surface area contributed by atoms with Gasteiger partial charge in [-0.3, -0.25) is 9.69 Å². The molecular weight excluding hydrogens is 214 g/mol. The van der Waals surface area contributed by atoms with Gasteiger partial charge in [-0.15, -0.1) is 0 Å².